The van der Waals surface area contributed by atoms with Crippen molar-refractivity contribution in [3.63, 3.8) is 0 Å². The first kappa shape index (κ1) is 16.9. The van der Waals surface area contributed by atoms with Gasteiger partial charge in [0.05, 0.1) is 6.42 Å². The number of aliphatic carboxylic acids is 1. The molecule has 0 heterocycles. The minimum atomic E-state index is -0.898. The molecule has 4 N–H and O–H groups in total. The van der Waals surface area contributed by atoms with E-state index in [1.165, 1.54) is 0 Å². The van der Waals surface area contributed by atoms with Crippen molar-refractivity contribution in [3.8, 4) is 0 Å². The Morgan fingerprint density at radius 2 is 1.89 bits per heavy atom. The van der Waals surface area contributed by atoms with Crippen LogP contribution in [0.2, 0.25) is 0 Å². The first-order valence-electron chi connectivity index (χ1n) is 6.41. The van der Waals surface area contributed by atoms with Crippen molar-refractivity contribution in [2.45, 2.75) is 53.0 Å². The average Bonchev–Trinajstić information content (AvgIpc) is 2.15. The molecule has 0 radical (unpaired) electrons. The Bertz CT molecular complexity index is 280. The van der Waals surface area contributed by atoms with Gasteiger partial charge in [-0.25, -0.2) is 0 Å². The lowest BCUT2D eigenvalue weighted by Gasteiger charge is -2.27. The molecule has 0 fully saturated rings. The van der Waals surface area contributed by atoms with Crippen molar-refractivity contribution < 1.29 is 14.7 Å². The maximum atomic E-state index is 11.9. The fraction of sp³-hybridized carbons (Fsp3) is 0.846. The highest BCUT2D eigenvalue weighted by Crippen LogP contribution is 2.22. The lowest BCUT2D eigenvalue weighted by atomic mass is 9.86. The van der Waals surface area contributed by atoms with Crippen LogP contribution in [-0.2, 0) is 9.59 Å². The smallest absolute Gasteiger partial charge is 0.305 e. The molecular formula is C13H26N2O3. The largest absolute Gasteiger partial charge is 0.481 e. The molecule has 2 atom stereocenters. The molecule has 5 nitrogen and oxygen atoms in total. The van der Waals surface area contributed by atoms with E-state index < -0.39 is 5.97 Å². The number of carbonyl (C=O) groups excluding carboxylic acids is 1. The molecule has 0 aromatic carbocycles. The van der Waals surface area contributed by atoms with E-state index in [0.717, 1.165) is 0 Å². The van der Waals surface area contributed by atoms with Gasteiger partial charge in [0.15, 0.2) is 0 Å². The fourth-order valence-electron chi connectivity index (χ4n) is 1.90. The lowest BCUT2D eigenvalue weighted by molar-refractivity contribution is -0.138. The van der Waals surface area contributed by atoms with Crippen LogP contribution in [0.4, 0.5) is 0 Å². The Balaban J connectivity index is 4.58. The molecule has 0 bridgehead atoms. The summed E-state index contributed by atoms with van der Waals surface area (Å²) in [6, 6.07) is -0.337. The van der Waals surface area contributed by atoms with Crippen molar-refractivity contribution in [2.24, 2.45) is 17.1 Å². The van der Waals surface area contributed by atoms with E-state index in [1.807, 2.05) is 27.7 Å². The predicted octanol–water partition coefficient (Wildman–Crippen LogP) is 1.37. The van der Waals surface area contributed by atoms with Crippen LogP contribution in [0.1, 0.15) is 47.0 Å². The Kier molecular flexibility index (Phi) is 6.91. The van der Waals surface area contributed by atoms with E-state index >= 15 is 0 Å². The Labute approximate surface area is 109 Å². The van der Waals surface area contributed by atoms with E-state index in [9.17, 15) is 9.59 Å². The maximum Gasteiger partial charge on any atom is 0.305 e. The number of nitrogens with one attached hydrogen (secondary N) is 1. The van der Waals surface area contributed by atoms with Crippen molar-refractivity contribution >= 4 is 11.9 Å². The molecule has 0 aromatic rings. The zero-order valence-corrected chi connectivity index (χ0v) is 11.8. The minimum Gasteiger partial charge on any atom is -0.481 e. The highest BCUT2D eigenvalue weighted by atomic mass is 16.4. The maximum absolute atomic E-state index is 11.9. The van der Waals surface area contributed by atoms with E-state index in [2.05, 4.69) is 5.32 Å². The highest BCUT2D eigenvalue weighted by molar-refractivity contribution is 5.80. The normalized spacial score (nSPS) is 14.9. The van der Waals surface area contributed by atoms with Gasteiger partial charge in [0.2, 0.25) is 5.91 Å². The Morgan fingerprint density at radius 1 is 1.33 bits per heavy atom. The molecule has 1 amide bonds. The molecule has 0 rings (SSSR count). The topological polar surface area (TPSA) is 92.4 Å². The average molecular weight is 258 g/mol. The lowest BCUT2D eigenvalue weighted by Crippen LogP contribution is -2.43. The SMILES string of the molecule is CCC(CN)C(=O)NC(CC(=O)O)CC(C)(C)C. The van der Waals surface area contributed by atoms with E-state index in [4.69, 9.17) is 10.8 Å². The van der Waals surface area contributed by atoms with Crippen molar-refractivity contribution in [1.29, 1.82) is 0 Å². The number of hydrogen-bond acceptors (Lipinski definition) is 3. The van der Waals surface area contributed by atoms with Gasteiger partial charge in [-0.1, -0.05) is 27.7 Å². The van der Waals surface area contributed by atoms with Gasteiger partial charge in [0.1, 0.15) is 0 Å². The van der Waals surface area contributed by atoms with Gasteiger partial charge >= 0.3 is 5.97 Å². The van der Waals surface area contributed by atoms with Crippen LogP contribution >= 0.6 is 0 Å². The summed E-state index contributed by atoms with van der Waals surface area (Å²) in [7, 11) is 0. The number of nitrogens with two attached hydrogens (primary N) is 1. The number of carbonyl (C=O) groups is 2. The summed E-state index contributed by atoms with van der Waals surface area (Å²) in [6.45, 7) is 8.25. The number of rotatable bonds is 7. The van der Waals surface area contributed by atoms with Crippen LogP contribution in [0.25, 0.3) is 0 Å². The van der Waals surface area contributed by atoms with Gasteiger partial charge in [0, 0.05) is 18.5 Å². The third-order valence-corrected chi connectivity index (χ3v) is 2.77. The summed E-state index contributed by atoms with van der Waals surface area (Å²) in [5.74, 6) is -1.28. The quantitative estimate of drug-likeness (QED) is 0.643. The van der Waals surface area contributed by atoms with Crippen molar-refractivity contribution in [3.05, 3.63) is 0 Å². The summed E-state index contributed by atoms with van der Waals surface area (Å²) < 4.78 is 0. The van der Waals surface area contributed by atoms with Crippen LogP contribution in [0.3, 0.4) is 0 Å². The van der Waals surface area contributed by atoms with Crippen molar-refractivity contribution in [2.75, 3.05) is 6.54 Å². The van der Waals surface area contributed by atoms with Gasteiger partial charge < -0.3 is 16.2 Å². The van der Waals surface area contributed by atoms with E-state index in [-0.39, 0.29) is 36.2 Å². The molecule has 2 unspecified atom stereocenters. The van der Waals surface area contributed by atoms with Crippen LogP contribution in [0, 0.1) is 11.3 Å². The molecule has 5 heteroatoms. The Hall–Kier alpha value is -1.10. The number of amides is 1. The van der Waals surface area contributed by atoms with Gasteiger partial charge in [0.25, 0.3) is 0 Å². The first-order valence-corrected chi connectivity index (χ1v) is 6.41. The number of carboxylic acids is 1. The van der Waals surface area contributed by atoms with Gasteiger partial charge in [-0.05, 0) is 18.3 Å². The van der Waals surface area contributed by atoms with Gasteiger partial charge in [-0.15, -0.1) is 0 Å². The minimum absolute atomic E-state index is 0.0299. The van der Waals surface area contributed by atoms with E-state index in [1.54, 1.807) is 0 Å². The second-order valence-corrected chi connectivity index (χ2v) is 5.91. The molecule has 18 heavy (non-hydrogen) atoms. The van der Waals surface area contributed by atoms with Gasteiger partial charge in [-0.3, -0.25) is 9.59 Å². The fourth-order valence-corrected chi connectivity index (χ4v) is 1.90. The van der Waals surface area contributed by atoms with Crippen molar-refractivity contribution in [1.82, 2.24) is 5.32 Å². The van der Waals surface area contributed by atoms with E-state index in [0.29, 0.717) is 12.8 Å². The van der Waals surface area contributed by atoms with Crippen LogP contribution in [-0.4, -0.2) is 29.6 Å². The second kappa shape index (κ2) is 7.36. The second-order valence-electron chi connectivity index (χ2n) is 5.91. The highest BCUT2D eigenvalue weighted by Gasteiger charge is 2.24. The van der Waals surface area contributed by atoms with Crippen LogP contribution in [0.5, 0.6) is 0 Å². The predicted molar refractivity (Wildman–Crippen MR) is 71.1 cm³/mol. The van der Waals surface area contributed by atoms with Crippen LogP contribution < -0.4 is 11.1 Å². The Morgan fingerprint density at radius 3 is 2.22 bits per heavy atom. The third-order valence-electron chi connectivity index (χ3n) is 2.77. The zero-order chi connectivity index (χ0) is 14.3. The molecular weight excluding hydrogens is 232 g/mol. The molecule has 0 aromatic heterocycles. The summed E-state index contributed by atoms with van der Waals surface area (Å²) in [5, 5.41) is 11.7. The van der Waals surface area contributed by atoms with Gasteiger partial charge in [-0.2, -0.15) is 0 Å². The summed E-state index contributed by atoms with van der Waals surface area (Å²) in [6.07, 6.45) is 1.24. The zero-order valence-electron chi connectivity index (χ0n) is 11.8. The molecule has 106 valence electrons. The molecule has 0 aliphatic carbocycles. The third kappa shape index (κ3) is 7.27. The molecule has 0 aliphatic heterocycles. The summed E-state index contributed by atoms with van der Waals surface area (Å²) in [5.41, 5.74) is 5.48. The van der Waals surface area contributed by atoms with Crippen LogP contribution in [0.15, 0.2) is 0 Å². The number of carboxylic acid groups (broad SMARTS) is 1. The standard InChI is InChI=1S/C13H26N2O3/c1-5-9(8-14)12(18)15-10(6-11(16)17)7-13(2,3)4/h9-10H,5-8,14H2,1-4H3,(H,15,18)(H,16,17). The molecule has 0 aliphatic rings. The summed E-state index contributed by atoms with van der Waals surface area (Å²) in [4.78, 5) is 22.7. The monoisotopic (exact) mass is 258 g/mol. The molecule has 0 spiro atoms. The summed E-state index contributed by atoms with van der Waals surface area (Å²) >= 11 is 0. The molecule has 0 saturated carbocycles. The first-order chi connectivity index (χ1) is 8.19. The molecule has 0 saturated heterocycles. The number of hydrogen-bond donors (Lipinski definition) is 3.